The van der Waals surface area contributed by atoms with Crippen molar-refractivity contribution in [1.29, 1.82) is 0 Å². The Morgan fingerprint density at radius 1 is 0.942 bits per heavy atom. The predicted octanol–water partition coefficient (Wildman–Crippen LogP) is 4.42. The average molecular weight is 730 g/mol. The van der Waals surface area contributed by atoms with E-state index < -0.39 is 52.3 Å². The number of amides is 1. The molecule has 0 aliphatic rings. The maximum absolute atomic E-state index is 14.1. The smallest absolute Gasteiger partial charge is 0.332 e. The van der Waals surface area contributed by atoms with Crippen LogP contribution in [0.25, 0.3) is 10.9 Å². The van der Waals surface area contributed by atoms with Gasteiger partial charge in [0.25, 0.3) is 0 Å². The van der Waals surface area contributed by atoms with Gasteiger partial charge in [0.15, 0.2) is 0 Å². The second-order valence-corrected chi connectivity index (χ2v) is 15.5. The Labute approximate surface area is 304 Å². The quantitative estimate of drug-likeness (QED) is 0.116. The molecule has 12 nitrogen and oxygen atoms in total. The van der Waals surface area contributed by atoms with Gasteiger partial charge in [0.1, 0.15) is 11.8 Å². The van der Waals surface area contributed by atoms with Crippen molar-refractivity contribution in [2.45, 2.75) is 70.2 Å². The van der Waals surface area contributed by atoms with Crippen LogP contribution < -0.4 is 20.5 Å². The summed E-state index contributed by atoms with van der Waals surface area (Å²) in [7, 11) is -2.55. The van der Waals surface area contributed by atoms with E-state index in [-0.39, 0.29) is 29.7 Å². The number of imidazole rings is 1. The van der Waals surface area contributed by atoms with Crippen LogP contribution in [0.15, 0.2) is 101 Å². The molecule has 0 aliphatic heterocycles. The number of aromatic hydroxyl groups is 1. The van der Waals surface area contributed by atoms with Crippen molar-refractivity contribution in [2.75, 3.05) is 13.7 Å². The van der Waals surface area contributed by atoms with Crippen LogP contribution in [-0.4, -0.2) is 64.5 Å². The highest BCUT2D eigenvalue weighted by molar-refractivity contribution is 7.89. The van der Waals surface area contributed by atoms with Gasteiger partial charge in [-0.15, -0.1) is 0 Å². The second kappa shape index (κ2) is 16.6. The first-order valence-electron chi connectivity index (χ1n) is 17.3. The summed E-state index contributed by atoms with van der Waals surface area (Å²) in [5, 5.41) is 26.2. The van der Waals surface area contributed by atoms with Crippen molar-refractivity contribution in [2.24, 2.45) is 11.8 Å². The number of benzene rings is 3. The third kappa shape index (κ3) is 8.90. The first kappa shape index (κ1) is 38.3. The highest BCUT2D eigenvalue weighted by Gasteiger charge is 2.32. The third-order valence-electron chi connectivity index (χ3n) is 9.01. The van der Waals surface area contributed by atoms with Crippen molar-refractivity contribution in [3.63, 3.8) is 0 Å². The van der Waals surface area contributed by atoms with Crippen molar-refractivity contribution < 1.29 is 28.2 Å². The maximum Gasteiger partial charge on any atom is 0.332 e. The summed E-state index contributed by atoms with van der Waals surface area (Å²) in [5.74, 6) is -0.575. The lowest BCUT2D eigenvalue weighted by atomic mass is 9.98. The topological polar surface area (TPSA) is 165 Å². The average Bonchev–Trinajstić information content (AvgIpc) is 3.38. The molecule has 2 aromatic heterocycles. The van der Waals surface area contributed by atoms with E-state index in [4.69, 9.17) is 4.74 Å². The highest BCUT2D eigenvalue weighted by Crippen LogP contribution is 2.26. The number of aliphatic hydroxyl groups is 1. The summed E-state index contributed by atoms with van der Waals surface area (Å²) in [6, 6.07) is 21.2. The fraction of sp³-hybridized carbons (Fsp3) is 0.359. The number of hydrogen-bond acceptors (Lipinski definition) is 8. The number of carbonyl (C=O) groups excluding carboxylic acids is 1. The Balaban J connectivity index is 1.40. The van der Waals surface area contributed by atoms with Gasteiger partial charge >= 0.3 is 5.69 Å². The van der Waals surface area contributed by atoms with Crippen LogP contribution in [0.1, 0.15) is 50.4 Å². The van der Waals surface area contributed by atoms with Crippen molar-refractivity contribution >= 4 is 26.8 Å². The molecule has 1 amide bonds. The molecule has 2 heterocycles. The number of nitrogens with one attached hydrogen (secondary N) is 2. The number of pyridine rings is 1. The molecule has 0 bridgehead atoms. The second-order valence-electron chi connectivity index (χ2n) is 13.7. The van der Waals surface area contributed by atoms with E-state index in [1.165, 1.54) is 28.5 Å². The van der Waals surface area contributed by atoms with E-state index >= 15 is 0 Å². The number of aliphatic hydroxyl groups excluding tert-OH is 1. The zero-order chi connectivity index (χ0) is 37.6. The molecule has 3 aromatic carbocycles. The number of nitrogens with zero attached hydrogens (tertiary/aromatic N) is 3. The van der Waals surface area contributed by atoms with E-state index in [0.29, 0.717) is 17.7 Å². The summed E-state index contributed by atoms with van der Waals surface area (Å²) >= 11 is 0. The highest BCUT2D eigenvalue weighted by atomic mass is 32.2. The summed E-state index contributed by atoms with van der Waals surface area (Å²) < 4.78 is 37.4. The molecule has 13 heteroatoms. The number of fused-ring (bicyclic) bond motifs is 1. The van der Waals surface area contributed by atoms with Crippen LogP contribution in [-0.2, 0) is 34.2 Å². The van der Waals surface area contributed by atoms with Crippen LogP contribution in [0.3, 0.4) is 0 Å². The fourth-order valence-electron chi connectivity index (χ4n) is 6.43. The first-order chi connectivity index (χ1) is 24.8. The number of rotatable bonds is 16. The molecule has 276 valence electrons. The summed E-state index contributed by atoms with van der Waals surface area (Å²) in [4.78, 5) is 32.4. The largest absolute Gasteiger partial charge is 0.497 e. The molecule has 5 rings (SSSR count). The van der Waals surface area contributed by atoms with Crippen LogP contribution in [0.4, 0.5) is 0 Å². The Morgan fingerprint density at radius 2 is 1.65 bits per heavy atom. The Hall–Kier alpha value is -4.98. The fourth-order valence-corrected chi connectivity index (χ4v) is 7.71. The van der Waals surface area contributed by atoms with Gasteiger partial charge < -0.3 is 20.3 Å². The van der Waals surface area contributed by atoms with Gasteiger partial charge in [-0.05, 0) is 71.7 Å². The summed E-state index contributed by atoms with van der Waals surface area (Å²) in [6.45, 7) is 7.19. The summed E-state index contributed by atoms with van der Waals surface area (Å²) in [5.41, 5.74) is 2.32. The molecule has 0 radical (unpaired) electrons. The number of hydrogen-bond donors (Lipinski definition) is 4. The van der Waals surface area contributed by atoms with Crippen LogP contribution in [0, 0.1) is 11.8 Å². The number of aromatic nitrogens is 3. The van der Waals surface area contributed by atoms with Gasteiger partial charge in [0, 0.05) is 18.1 Å². The summed E-state index contributed by atoms with van der Waals surface area (Å²) in [6.07, 6.45) is 2.21. The van der Waals surface area contributed by atoms with Gasteiger partial charge in [0.2, 0.25) is 21.8 Å². The Morgan fingerprint density at radius 3 is 2.35 bits per heavy atom. The molecule has 0 saturated carbocycles. The monoisotopic (exact) mass is 729 g/mol. The number of methoxy groups -OCH3 is 1. The van der Waals surface area contributed by atoms with Gasteiger partial charge in [0.05, 0.1) is 42.4 Å². The van der Waals surface area contributed by atoms with E-state index in [0.717, 1.165) is 22.0 Å². The Kier molecular flexibility index (Phi) is 12.2. The molecule has 0 saturated heterocycles. The number of sulfonamides is 1. The van der Waals surface area contributed by atoms with Gasteiger partial charge in [-0.3, -0.25) is 18.9 Å². The molecule has 52 heavy (non-hydrogen) atoms. The van der Waals surface area contributed by atoms with Gasteiger partial charge in [-0.25, -0.2) is 17.9 Å². The van der Waals surface area contributed by atoms with E-state index in [2.05, 4.69) is 15.0 Å². The maximum atomic E-state index is 14.1. The van der Waals surface area contributed by atoms with Crippen molar-refractivity contribution in [1.82, 2.24) is 24.2 Å². The molecule has 4 N–H and O–H groups in total. The van der Waals surface area contributed by atoms with Crippen molar-refractivity contribution in [3.05, 3.63) is 118 Å². The van der Waals surface area contributed by atoms with Crippen LogP contribution in [0.5, 0.6) is 11.6 Å². The SMILES string of the molecule is COc1ccc(S(=O)(=O)NC[C@@H](O)[C@H](Cc2ccccc2)NC(=O)[C@H](C(C)C)n2cc(O)n(Cc3ccnc4ccccc34)c2=O)c(CC(C)C)c1. The minimum absolute atomic E-state index is 0.0513. The number of para-hydroxylation sites is 1. The molecule has 0 spiro atoms. The van der Waals surface area contributed by atoms with E-state index in [9.17, 15) is 28.2 Å². The number of ether oxygens (including phenoxy) is 1. The van der Waals surface area contributed by atoms with E-state index in [1.54, 1.807) is 38.2 Å². The first-order valence-corrected chi connectivity index (χ1v) is 18.8. The van der Waals surface area contributed by atoms with Crippen LogP contribution in [0.2, 0.25) is 0 Å². The lowest BCUT2D eigenvalue weighted by Gasteiger charge is -2.28. The number of carbonyl (C=O) groups is 1. The molecular formula is C39H47N5O7S. The van der Waals surface area contributed by atoms with Gasteiger partial charge in [-0.2, -0.15) is 0 Å². The molecular weight excluding hydrogens is 683 g/mol. The third-order valence-corrected chi connectivity index (χ3v) is 10.5. The molecule has 3 atom stereocenters. The van der Waals surface area contributed by atoms with Gasteiger partial charge in [-0.1, -0.05) is 76.2 Å². The minimum atomic E-state index is -4.07. The lowest BCUT2D eigenvalue weighted by Crippen LogP contribution is -2.52. The predicted molar refractivity (Wildman–Crippen MR) is 200 cm³/mol. The molecule has 5 aromatic rings. The molecule has 0 aliphatic carbocycles. The molecule has 0 fully saturated rings. The zero-order valence-electron chi connectivity index (χ0n) is 30.1. The Bertz CT molecular complexity index is 2160. The van der Waals surface area contributed by atoms with E-state index in [1.807, 2.05) is 68.4 Å². The lowest BCUT2D eigenvalue weighted by molar-refractivity contribution is -0.127. The van der Waals surface area contributed by atoms with Crippen LogP contribution >= 0.6 is 0 Å². The standard InChI is InChI=1S/C39H47N5O7S/c1-25(2)19-29-21-30(51-5)15-16-35(29)52(49,50)41-22-34(45)33(20-27-11-7-6-8-12-27)42-38(47)37(26(3)4)44-24-36(46)43(39(44)48)23-28-17-18-40-32-14-10-9-13-31(28)32/h6-18,21,24-26,33-34,37,41,45-46H,19-20,22-23H2,1-5H3,(H,42,47)/t33-,34+,37-/m0/s1. The zero-order valence-corrected chi connectivity index (χ0v) is 30.9. The van der Waals surface area contributed by atoms with Crippen molar-refractivity contribution in [3.8, 4) is 11.6 Å². The molecule has 0 unspecified atom stereocenters. The normalized spacial score (nSPS) is 13.7. The minimum Gasteiger partial charge on any atom is -0.497 e.